The molecule has 0 amide bonds. The molecule has 0 aromatic heterocycles. The fourth-order valence-corrected chi connectivity index (χ4v) is 4.48. The van der Waals surface area contributed by atoms with Gasteiger partial charge in [0.15, 0.2) is 22.3 Å². The zero-order chi connectivity index (χ0) is 23.8. The summed E-state index contributed by atoms with van der Waals surface area (Å²) in [6, 6.07) is 16.3. The molecule has 4 aromatic carbocycles. The van der Waals surface area contributed by atoms with Crippen molar-refractivity contribution < 1.29 is 32.7 Å². The molecule has 9 nitrogen and oxygen atoms in total. The largest absolute Gasteiger partial charge is 0.867 e. The Hall–Kier alpha value is -4.62. The predicted octanol–water partition coefficient (Wildman–Crippen LogP) is 3.81. The number of hydrogen-bond donors (Lipinski definition) is 2. The Labute approximate surface area is 187 Å². The van der Waals surface area contributed by atoms with Crippen molar-refractivity contribution in [2.45, 2.75) is 4.90 Å². The molecule has 0 saturated heterocycles. The summed E-state index contributed by atoms with van der Waals surface area (Å²) in [6.45, 7) is 0. The summed E-state index contributed by atoms with van der Waals surface area (Å²) in [6.07, 6.45) is 0. The van der Waals surface area contributed by atoms with E-state index in [1.807, 2.05) is 0 Å². The van der Waals surface area contributed by atoms with Crippen LogP contribution in [0.3, 0.4) is 0 Å². The average Bonchev–Trinajstić information content (AvgIpc) is 2.82. The first-order chi connectivity index (χ1) is 15.7. The van der Waals surface area contributed by atoms with Gasteiger partial charge in [-0.2, -0.15) is 8.42 Å². The van der Waals surface area contributed by atoms with Crippen molar-refractivity contribution in [1.29, 1.82) is 5.39 Å². The van der Waals surface area contributed by atoms with E-state index in [9.17, 15) is 28.5 Å². The minimum absolute atomic E-state index is 0.0228. The van der Waals surface area contributed by atoms with Crippen LogP contribution in [0.1, 0.15) is 15.9 Å². The Morgan fingerprint density at radius 1 is 0.909 bits per heavy atom. The molecule has 0 saturated carbocycles. The molecule has 33 heavy (non-hydrogen) atoms. The van der Waals surface area contributed by atoms with Crippen LogP contribution >= 0.6 is 0 Å². The Kier molecular flexibility index (Phi) is 5.33. The van der Waals surface area contributed by atoms with Crippen LogP contribution in [0.15, 0.2) is 77.7 Å². The molecule has 0 radical (unpaired) electrons. The van der Waals surface area contributed by atoms with Crippen molar-refractivity contribution in [2.24, 2.45) is 0 Å². The molecule has 0 aliphatic carbocycles. The highest BCUT2D eigenvalue weighted by Crippen LogP contribution is 2.42. The maximum absolute atomic E-state index is 13.0. The van der Waals surface area contributed by atoms with Gasteiger partial charge in [0.2, 0.25) is 11.1 Å². The van der Waals surface area contributed by atoms with Crippen molar-refractivity contribution in [3.8, 4) is 23.0 Å². The molecule has 4 aromatic rings. The third kappa shape index (κ3) is 3.77. The van der Waals surface area contributed by atoms with Crippen LogP contribution < -0.4 is 9.29 Å². The number of carbonyl (C=O) groups is 1. The number of ketones is 1. The van der Waals surface area contributed by atoms with Crippen LogP contribution in [0.2, 0.25) is 0 Å². The molecule has 0 aliphatic heterocycles. The highest BCUT2D eigenvalue weighted by molar-refractivity contribution is 7.87. The van der Waals surface area contributed by atoms with E-state index in [1.54, 1.807) is 18.2 Å². The quantitative estimate of drug-likeness (QED) is 0.258. The lowest BCUT2D eigenvalue weighted by Gasteiger charge is -2.15. The molecule has 0 unspecified atom stereocenters. The molecule has 0 spiro atoms. The van der Waals surface area contributed by atoms with Gasteiger partial charge in [-0.3, -0.25) is 4.79 Å². The van der Waals surface area contributed by atoms with Crippen LogP contribution in [-0.2, 0) is 10.1 Å². The molecular weight excluding hydrogens is 448 g/mol. The summed E-state index contributed by atoms with van der Waals surface area (Å²) in [5.74, 6) is -3.73. The van der Waals surface area contributed by atoms with Gasteiger partial charge in [0, 0.05) is 17.0 Å². The number of phenols is 2. The zero-order valence-electron chi connectivity index (χ0n) is 16.7. The Morgan fingerprint density at radius 3 is 2.33 bits per heavy atom. The third-order valence-electron chi connectivity index (χ3n) is 4.91. The van der Waals surface area contributed by atoms with E-state index in [2.05, 4.69) is 4.98 Å². The van der Waals surface area contributed by atoms with Crippen LogP contribution in [-0.4, -0.2) is 24.4 Å². The minimum Gasteiger partial charge on any atom is -0.867 e. The average molecular weight is 462 g/mol. The molecular formula is C23H14N2O7S. The SMILES string of the molecule is N#[N+]c1ccc2c(S(=O)(=O)Oc3c(O)ccc(C(=O)c4ccccc4)c3O)cccc2c1[O-]. The monoisotopic (exact) mass is 462 g/mol. The van der Waals surface area contributed by atoms with Crippen molar-refractivity contribution in [2.75, 3.05) is 0 Å². The van der Waals surface area contributed by atoms with E-state index in [4.69, 9.17) is 9.58 Å². The number of carbonyl (C=O) groups excluding carboxylic acids is 1. The fourth-order valence-electron chi connectivity index (χ4n) is 3.31. The summed E-state index contributed by atoms with van der Waals surface area (Å²) in [7, 11) is -4.69. The number of fused-ring (bicyclic) bond motifs is 1. The Balaban J connectivity index is 1.81. The van der Waals surface area contributed by atoms with Gasteiger partial charge in [-0.1, -0.05) is 42.5 Å². The number of aromatic hydroxyl groups is 2. The van der Waals surface area contributed by atoms with E-state index in [0.717, 1.165) is 18.2 Å². The lowest BCUT2D eigenvalue weighted by molar-refractivity contribution is -0.264. The molecule has 164 valence electrons. The molecule has 2 N–H and O–H groups in total. The standard InChI is InChI=1S/C23H14N2O7S/c24-25-17-11-9-14-15(21(17)28)7-4-8-19(14)33(30,31)32-23-18(26)12-10-16(22(23)29)20(27)13-5-2-1-3-6-13/h1-12H,(H2-,26,27,28,29). The van der Waals surface area contributed by atoms with Gasteiger partial charge in [0.05, 0.1) is 5.56 Å². The van der Waals surface area contributed by atoms with Gasteiger partial charge in [-0.25, -0.2) is 0 Å². The van der Waals surface area contributed by atoms with Gasteiger partial charge in [0.1, 0.15) is 4.90 Å². The second-order valence-electron chi connectivity index (χ2n) is 6.91. The van der Waals surface area contributed by atoms with E-state index in [1.165, 1.54) is 36.4 Å². The maximum Gasteiger partial charge on any atom is 0.378 e. The molecule has 0 aliphatic rings. The molecule has 0 heterocycles. The summed E-state index contributed by atoms with van der Waals surface area (Å²) in [5.41, 5.74) is -0.326. The van der Waals surface area contributed by atoms with E-state index in [0.29, 0.717) is 0 Å². The first-order valence-electron chi connectivity index (χ1n) is 9.41. The van der Waals surface area contributed by atoms with Crippen LogP contribution in [0, 0.1) is 5.39 Å². The maximum atomic E-state index is 13.0. The topological polar surface area (TPSA) is 152 Å². The van der Waals surface area contributed by atoms with Crippen LogP contribution in [0.4, 0.5) is 5.69 Å². The third-order valence-corrected chi connectivity index (χ3v) is 6.19. The van der Waals surface area contributed by atoms with Gasteiger partial charge in [-0.15, -0.1) is 0 Å². The number of phenolic OH excluding ortho intramolecular Hbond substituents is 2. The second-order valence-corrected chi connectivity index (χ2v) is 8.42. The Morgan fingerprint density at radius 2 is 1.64 bits per heavy atom. The first kappa shape index (κ1) is 21.6. The normalized spacial score (nSPS) is 11.1. The predicted molar refractivity (Wildman–Crippen MR) is 116 cm³/mol. The molecule has 0 fully saturated rings. The molecule has 0 bridgehead atoms. The number of hydrogen-bond acceptors (Lipinski definition) is 8. The van der Waals surface area contributed by atoms with E-state index < -0.39 is 43.8 Å². The van der Waals surface area contributed by atoms with Gasteiger partial charge in [-0.05, 0) is 35.4 Å². The van der Waals surface area contributed by atoms with E-state index >= 15 is 0 Å². The fraction of sp³-hybridized carbons (Fsp3) is 0. The first-order valence-corrected chi connectivity index (χ1v) is 10.8. The molecule has 4 rings (SSSR count). The van der Waals surface area contributed by atoms with Crippen molar-refractivity contribution in [1.82, 2.24) is 0 Å². The molecule has 0 atom stereocenters. The Bertz CT molecular complexity index is 1560. The molecule has 10 heteroatoms. The second kappa shape index (κ2) is 8.14. The number of nitrogens with zero attached hydrogens (tertiary/aromatic N) is 2. The summed E-state index contributed by atoms with van der Waals surface area (Å²) >= 11 is 0. The smallest absolute Gasteiger partial charge is 0.378 e. The highest BCUT2D eigenvalue weighted by atomic mass is 32.2. The summed E-state index contributed by atoms with van der Waals surface area (Å²) < 4.78 is 31.1. The van der Waals surface area contributed by atoms with E-state index in [-0.39, 0.29) is 27.6 Å². The van der Waals surface area contributed by atoms with Crippen molar-refractivity contribution >= 4 is 32.4 Å². The van der Waals surface area contributed by atoms with Crippen LogP contribution in [0.25, 0.3) is 15.7 Å². The highest BCUT2D eigenvalue weighted by Gasteiger charge is 2.27. The lowest BCUT2D eigenvalue weighted by atomic mass is 10.0. The minimum atomic E-state index is -4.69. The van der Waals surface area contributed by atoms with Crippen molar-refractivity contribution in [3.05, 3.63) is 88.9 Å². The van der Waals surface area contributed by atoms with Gasteiger partial charge >= 0.3 is 15.8 Å². The summed E-state index contributed by atoms with van der Waals surface area (Å²) in [4.78, 5) is 15.2. The van der Waals surface area contributed by atoms with Gasteiger partial charge < -0.3 is 19.5 Å². The number of rotatable bonds is 5. The number of diazo groups is 1. The lowest BCUT2D eigenvalue weighted by Crippen LogP contribution is -2.12. The summed E-state index contributed by atoms with van der Waals surface area (Å²) in [5, 5.41) is 41.9. The van der Waals surface area contributed by atoms with Crippen LogP contribution in [0.5, 0.6) is 23.0 Å². The zero-order valence-corrected chi connectivity index (χ0v) is 17.5. The number of benzene rings is 4. The van der Waals surface area contributed by atoms with Crippen molar-refractivity contribution in [3.63, 3.8) is 0 Å². The van der Waals surface area contributed by atoms with Gasteiger partial charge in [0.25, 0.3) is 0 Å².